The number of hydrogen-bond acceptors (Lipinski definition) is 6. The Bertz CT molecular complexity index is 839. The SMILES string of the molecule is COC(=O)c1cn([C@@H]2C[C@@H](C)N(C(=O)OC(C)(C)C)C2)c(=O)cc1NC(C)=O. The second kappa shape index (κ2) is 8.04. The summed E-state index contributed by atoms with van der Waals surface area (Å²) in [6.07, 6.45) is 1.45. The molecule has 0 aromatic carbocycles. The Labute approximate surface area is 163 Å². The van der Waals surface area contributed by atoms with Crippen molar-refractivity contribution in [1.82, 2.24) is 9.47 Å². The number of methoxy groups -OCH3 is 1. The first-order valence-corrected chi connectivity index (χ1v) is 9.04. The largest absolute Gasteiger partial charge is 0.465 e. The van der Waals surface area contributed by atoms with Crippen molar-refractivity contribution in [3.05, 3.63) is 28.2 Å². The number of esters is 1. The fraction of sp³-hybridized carbons (Fsp3) is 0.579. The van der Waals surface area contributed by atoms with E-state index in [4.69, 9.17) is 9.47 Å². The van der Waals surface area contributed by atoms with Gasteiger partial charge in [0.2, 0.25) is 5.91 Å². The van der Waals surface area contributed by atoms with E-state index in [-0.39, 0.29) is 35.4 Å². The molecule has 1 aliphatic rings. The van der Waals surface area contributed by atoms with E-state index in [1.54, 1.807) is 25.7 Å². The minimum Gasteiger partial charge on any atom is -0.465 e. The van der Waals surface area contributed by atoms with Gasteiger partial charge in [-0.2, -0.15) is 0 Å². The van der Waals surface area contributed by atoms with Gasteiger partial charge in [0.15, 0.2) is 0 Å². The Morgan fingerprint density at radius 2 is 1.89 bits per heavy atom. The van der Waals surface area contributed by atoms with Crippen molar-refractivity contribution in [2.75, 3.05) is 19.0 Å². The lowest BCUT2D eigenvalue weighted by Gasteiger charge is -2.27. The number of pyridine rings is 1. The predicted octanol–water partition coefficient (Wildman–Crippen LogP) is 2.16. The van der Waals surface area contributed by atoms with E-state index in [0.717, 1.165) is 0 Å². The second-order valence-electron chi connectivity index (χ2n) is 7.89. The Kier molecular flexibility index (Phi) is 6.16. The van der Waals surface area contributed by atoms with Crippen LogP contribution in [-0.2, 0) is 14.3 Å². The summed E-state index contributed by atoms with van der Waals surface area (Å²) in [6, 6.07) is 0.724. The van der Waals surface area contributed by atoms with Crippen LogP contribution < -0.4 is 10.9 Å². The Morgan fingerprint density at radius 3 is 2.43 bits per heavy atom. The maximum absolute atomic E-state index is 12.6. The quantitative estimate of drug-likeness (QED) is 0.789. The fourth-order valence-electron chi connectivity index (χ4n) is 3.18. The summed E-state index contributed by atoms with van der Waals surface area (Å²) in [5.41, 5.74) is -0.847. The number of carbonyl (C=O) groups is 3. The minimum atomic E-state index is -0.674. The molecule has 154 valence electrons. The summed E-state index contributed by atoms with van der Waals surface area (Å²) in [6.45, 7) is 8.80. The lowest BCUT2D eigenvalue weighted by atomic mass is 10.1. The highest BCUT2D eigenvalue weighted by Crippen LogP contribution is 2.29. The van der Waals surface area contributed by atoms with Gasteiger partial charge >= 0.3 is 12.1 Å². The highest BCUT2D eigenvalue weighted by atomic mass is 16.6. The van der Waals surface area contributed by atoms with Crippen molar-refractivity contribution in [3.8, 4) is 0 Å². The molecular formula is C19H27N3O6. The number of rotatable bonds is 3. The van der Waals surface area contributed by atoms with E-state index < -0.39 is 23.6 Å². The van der Waals surface area contributed by atoms with Crippen LogP contribution in [0.1, 0.15) is 57.4 Å². The average Bonchev–Trinajstić information content (AvgIpc) is 2.94. The van der Waals surface area contributed by atoms with Gasteiger partial charge in [0.05, 0.1) is 24.4 Å². The summed E-state index contributed by atoms with van der Waals surface area (Å²) in [5, 5.41) is 2.47. The lowest BCUT2D eigenvalue weighted by molar-refractivity contribution is -0.114. The zero-order chi connectivity index (χ0) is 21.2. The van der Waals surface area contributed by atoms with Crippen LogP contribution in [0.5, 0.6) is 0 Å². The van der Waals surface area contributed by atoms with Crippen LogP contribution in [0, 0.1) is 0 Å². The first-order chi connectivity index (χ1) is 12.9. The molecule has 0 spiro atoms. The molecule has 0 saturated carbocycles. The zero-order valence-electron chi connectivity index (χ0n) is 17.1. The zero-order valence-corrected chi connectivity index (χ0v) is 17.1. The first kappa shape index (κ1) is 21.5. The van der Waals surface area contributed by atoms with Crippen molar-refractivity contribution in [1.29, 1.82) is 0 Å². The molecule has 1 fully saturated rings. The van der Waals surface area contributed by atoms with Crippen LogP contribution in [0.15, 0.2) is 17.1 Å². The molecule has 2 heterocycles. The van der Waals surface area contributed by atoms with E-state index in [2.05, 4.69) is 5.32 Å². The molecule has 1 aliphatic heterocycles. The van der Waals surface area contributed by atoms with Gasteiger partial charge in [-0.3, -0.25) is 9.59 Å². The minimum absolute atomic E-state index is 0.0701. The van der Waals surface area contributed by atoms with Crippen molar-refractivity contribution in [2.45, 2.75) is 58.7 Å². The Morgan fingerprint density at radius 1 is 1.25 bits per heavy atom. The fourth-order valence-corrected chi connectivity index (χ4v) is 3.18. The van der Waals surface area contributed by atoms with E-state index >= 15 is 0 Å². The van der Waals surface area contributed by atoms with E-state index in [1.165, 1.54) is 30.9 Å². The molecule has 2 amide bonds. The third kappa shape index (κ3) is 4.90. The Balaban J connectivity index is 2.35. The number of amides is 2. The van der Waals surface area contributed by atoms with Crippen LogP contribution in [0.4, 0.5) is 10.5 Å². The molecule has 0 radical (unpaired) electrons. The van der Waals surface area contributed by atoms with Crippen molar-refractivity contribution in [2.24, 2.45) is 0 Å². The normalized spacial score (nSPS) is 19.3. The molecule has 1 saturated heterocycles. The smallest absolute Gasteiger partial charge is 0.410 e. The van der Waals surface area contributed by atoms with Crippen LogP contribution in [0.3, 0.4) is 0 Å². The van der Waals surface area contributed by atoms with E-state index in [1.807, 2.05) is 6.92 Å². The van der Waals surface area contributed by atoms with Crippen LogP contribution in [0.25, 0.3) is 0 Å². The molecule has 1 aromatic heterocycles. The van der Waals surface area contributed by atoms with Gasteiger partial charge in [0.1, 0.15) is 5.60 Å². The van der Waals surface area contributed by atoms with Gasteiger partial charge in [-0.1, -0.05) is 0 Å². The molecule has 0 unspecified atom stereocenters. The highest BCUT2D eigenvalue weighted by molar-refractivity contribution is 6.00. The molecule has 2 rings (SSSR count). The molecule has 1 N–H and O–H groups in total. The molecular weight excluding hydrogens is 366 g/mol. The standard InChI is InChI=1S/C19H27N3O6/c1-11-7-13(9-21(11)18(26)28-19(3,4)5)22-10-14(17(25)27-6)15(8-16(22)24)20-12(2)23/h8,10-11,13H,7,9H2,1-6H3,(H,20,23)/t11-,13-/m1/s1. The molecule has 9 nitrogen and oxygen atoms in total. The van der Waals surface area contributed by atoms with Crippen molar-refractivity contribution < 1.29 is 23.9 Å². The van der Waals surface area contributed by atoms with Gasteiger partial charge in [0.25, 0.3) is 5.56 Å². The number of likely N-dealkylation sites (tertiary alicyclic amines) is 1. The molecule has 0 bridgehead atoms. The summed E-state index contributed by atoms with van der Waals surface area (Å²) in [7, 11) is 1.22. The average molecular weight is 393 g/mol. The van der Waals surface area contributed by atoms with Crippen LogP contribution in [0.2, 0.25) is 0 Å². The van der Waals surface area contributed by atoms with Crippen LogP contribution in [-0.4, -0.2) is 52.7 Å². The lowest BCUT2D eigenvalue weighted by Crippen LogP contribution is -2.39. The van der Waals surface area contributed by atoms with Crippen LogP contribution >= 0.6 is 0 Å². The first-order valence-electron chi connectivity index (χ1n) is 9.04. The summed E-state index contributed by atoms with van der Waals surface area (Å²) in [5.74, 6) is -1.08. The topological polar surface area (TPSA) is 107 Å². The van der Waals surface area contributed by atoms with Gasteiger partial charge in [-0.15, -0.1) is 0 Å². The van der Waals surface area contributed by atoms with Crippen molar-refractivity contribution >= 4 is 23.7 Å². The van der Waals surface area contributed by atoms with Gasteiger partial charge in [0, 0.05) is 31.8 Å². The number of nitrogens with zero attached hydrogens (tertiary/aromatic N) is 2. The molecule has 28 heavy (non-hydrogen) atoms. The molecule has 0 aliphatic carbocycles. The Hall–Kier alpha value is -2.84. The molecule has 9 heteroatoms. The van der Waals surface area contributed by atoms with Gasteiger partial charge in [-0.05, 0) is 34.1 Å². The summed E-state index contributed by atoms with van der Waals surface area (Å²) >= 11 is 0. The summed E-state index contributed by atoms with van der Waals surface area (Å²) in [4.78, 5) is 50.1. The van der Waals surface area contributed by atoms with Gasteiger partial charge in [-0.25, -0.2) is 9.59 Å². The number of carbonyl (C=O) groups excluding carboxylic acids is 3. The number of nitrogens with one attached hydrogen (secondary N) is 1. The maximum Gasteiger partial charge on any atom is 0.410 e. The number of aromatic nitrogens is 1. The predicted molar refractivity (Wildman–Crippen MR) is 102 cm³/mol. The van der Waals surface area contributed by atoms with E-state index in [9.17, 15) is 19.2 Å². The third-order valence-corrected chi connectivity index (χ3v) is 4.37. The number of ether oxygens (including phenoxy) is 2. The number of hydrogen-bond donors (Lipinski definition) is 1. The second-order valence-corrected chi connectivity index (χ2v) is 7.89. The highest BCUT2D eigenvalue weighted by Gasteiger charge is 2.36. The monoisotopic (exact) mass is 393 g/mol. The summed E-state index contributed by atoms with van der Waals surface area (Å²) < 4.78 is 11.6. The van der Waals surface area contributed by atoms with Gasteiger partial charge < -0.3 is 24.3 Å². The molecule has 2 atom stereocenters. The third-order valence-electron chi connectivity index (χ3n) is 4.37. The van der Waals surface area contributed by atoms with Crippen molar-refractivity contribution in [3.63, 3.8) is 0 Å². The maximum atomic E-state index is 12.6. The van der Waals surface area contributed by atoms with E-state index in [0.29, 0.717) is 6.42 Å². The number of anilines is 1. The molecule has 1 aromatic rings.